The molecule has 0 saturated heterocycles. The van der Waals surface area contributed by atoms with Crippen LogP contribution >= 0.6 is 0 Å². The van der Waals surface area contributed by atoms with Crippen molar-refractivity contribution in [3.8, 4) is 0 Å². The fourth-order valence-electron chi connectivity index (χ4n) is 0.956. The van der Waals surface area contributed by atoms with Gasteiger partial charge in [0.25, 0.3) is 0 Å². The van der Waals surface area contributed by atoms with Crippen LogP contribution in [0.25, 0.3) is 0 Å². The molecule has 0 unspecified atom stereocenters. The monoisotopic (exact) mass is 155 g/mol. The fourth-order valence-corrected chi connectivity index (χ4v) is 0.956. The highest BCUT2D eigenvalue weighted by atomic mass is 16.4. The molecule has 0 aromatic heterocycles. The van der Waals surface area contributed by atoms with Crippen LogP contribution in [-0.4, -0.2) is 23.7 Å². The van der Waals surface area contributed by atoms with E-state index in [1.165, 1.54) is 19.3 Å². The molecule has 0 aliphatic heterocycles. The van der Waals surface area contributed by atoms with Crippen molar-refractivity contribution >= 4 is 5.97 Å². The van der Waals surface area contributed by atoms with E-state index in [0.717, 1.165) is 0 Å². The van der Waals surface area contributed by atoms with Gasteiger partial charge in [-0.3, -0.25) is 0 Å². The molecule has 0 aromatic rings. The fraction of sp³-hybridized carbons (Fsp3) is 0.625. The summed E-state index contributed by atoms with van der Waals surface area (Å²) in [6.45, 7) is 3.84. The molecule has 2 N–H and O–H groups in total. The molecule has 1 fully saturated rings. The van der Waals surface area contributed by atoms with Gasteiger partial charge in [-0.25, -0.2) is 4.79 Å². The van der Waals surface area contributed by atoms with Gasteiger partial charge < -0.3 is 10.4 Å². The molecule has 0 bridgehead atoms. The van der Waals surface area contributed by atoms with Crippen molar-refractivity contribution in [3.63, 3.8) is 0 Å². The number of nitrogens with one attached hydrogen (secondary N) is 1. The van der Waals surface area contributed by atoms with E-state index >= 15 is 0 Å². The van der Waals surface area contributed by atoms with Crippen molar-refractivity contribution in [2.45, 2.75) is 25.3 Å². The number of carboxylic acids is 1. The Morgan fingerprint density at radius 2 is 2.27 bits per heavy atom. The zero-order chi connectivity index (χ0) is 8.27. The van der Waals surface area contributed by atoms with Gasteiger partial charge in [0.15, 0.2) is 0 Å². The van der Waals surface area contributed by atoms with E-state index < -0.39 is 5.97 Å². The summed E-state index contributed by atoms with van der Waals surface area (Å²) in [5.41, 5.74) is 0.247. The second-order valence-corrected chi connectivity index (χ2v) is 2.92. The zero-order valence-corrected chi connectivity index (χ0v) is 6.47. The predicted molar refractivity (Wildman–Crippen MR) is 42.4 cm³/mol. The molecule has 0 spiro atoms. The predicted octanol–water partition coefficient (Wildman–Crippen LogP) is 0.769. The first kappa shape index (κ1) is 8.27. The summed E-state index contributed by atoms with van der Waals surface area (Å²) in [7, 11) is 0. The van der Waals surface area contributed by atoms with Crippen LogP contribution < -0.4 is 5.32 Å². The summed E-state index contributed by atoms with van der Waals surface area (Å²) in [6.07, 6.45) is 3.61. The quantitative estimate of drug-likeness (QED) is 0.589. The summed E-state index contributed by atoms with van der Waals surface area (Å²) in [4.78, 5) is 10.3. The lowest BCUT2D eigenvalue weighted by molar-refractivity contribution is -0.132. The molecule has 1 saturated carbocycles. The lowest BCUT2D eigenvalue weighted by atomic mass is 9.93. The molecule has 3 heteroatoms. The van der Waals surface area contributed by atoms with Crippen molar-refractivity contribution in [2.24, 2.45) is 0 Å². The lowest BCUT2D eigenvalue weighted by Gasteiger charge is -2.26. The number of carboxylic acid groups (broad SMARTS) is 1. The molecule has 0 aromatic carbocycles. The average Bonchev–Trinajstić information content (AvgIpc) is 1.83. The highest BCUT2D eigenvalue weighted by Crippen LogP contribution is 2.17. The number of carbonyl (C=O) groups is 1. The van der Waals surface area contributed by atoms with Gasteiger partial charge in [-0.15, -0.1) is 0 Å². The molecule has 1 aliphatic rings. The second kappa shape index (κ2) is 3.53. The van der Waals surface area contributed by atoms with Gasteiger partial charge in [0.1, 0.15) is 0 Å². The summed E-state index contributed by atoms with van der Waals surface area (Å²) < 4.78 is 0. The Balaban J connectivity index is 2.10. The van der Waals surface area contributed by atoms with Crippen LogP contribution in [0.1, 0.15) is 19.3 Å². The summed E-state index contributed by atoms with van der Waals surface area (Å²) in [6, 6.07) is 0.533. The van der Waals surface area contributed by atoms with Crippen LogP contribution in [0.15, 0.2) is 12.2 Å². The standard InChI is InChI=1S/C8H13NO2/c1-6(8(10)11)5-9-7-3-2-4-7/h7,9H,1-5H2,(H,10,11). The van der Waals surface area contributed by atoms with Gasteiger partial charge in [0.2, 0.25) is 0 Å². The third-order valence-corrected chi connectivity index (χ3v) is 2.01. The first-order valence-corrected chi connectivity index (χ1v) is 3.84. The van der Waals surface area contributed by atoms with E-state index in [9.17, 15) is 4.79 Å². The summed E-state index contributed by atoms with van der Waals surface area (Å²) in [5.74, 6) is -0.906. The minimum Gasteiger partial charge on any atom is -0.478 e. The first-order valence-electron chi connectivity index (χ1n) is 3.84. The maximum absolute atomic E-state index is 10.3. The normalized spacial score (nSPS) is 17.5. The van der Waals surface area contributed by atoms with Crippen molar-refractivity contribution < 1.29 is 9.90 Å². The van der Waals surface area contributed by atoms with Gasteiger partial charge in [0, 0.05) is 18.2 Å². The van der Waals surface area contributed by atoms with Gasteiger partial charge in [-0.2, -0.15) is 0 Å². The molecular weight excluding hydrogens is 142 g/mol. The Morgan fingerprint density at radius 1 is 1.64 bits per heavy atom. The van der Waals surface area contributed by atoms with E-state index in [4.69, 9.17) is 5.11 Å². The SMILES string of the molecule is C=C(CNC1CCC1)C(=O)O. The smallest absolute Gasteiger partial charge is 0.332 e. The van der Waals surface area contributed by atoms with Crippen LogP contribution in [0, 0.1) is 0 Å². The topological polar surface area (TPSA) is 49.3 Å². The van der Waals surface area contributed by atoms with Crippen molar-refractivity contribution in [1.29, 1.82) is 0 Å². The number of rotatable bonds is 4. The molecular formula is C8H13NO2. The third-order valence-electron chi connectivity index (χ3n) is 2.01. The molecule has 1 aliphatic carbocycles. The molecule has 11 heavy (non-hydrogen) atoms. The van der Waals surface area contributed by atoms with Crippen molar-refractivity contribution in [3.05, 3.63) is 12.2 Å². The van der Waals surface area contributed by atoms with Gasteiger partial charge in [-0.05, 0) is 12.8 Å². The largest absolute Gasteiger partial charge is 0.478 e. The number of aliphatic carboxylic acids is 1. The van der Waals surface area contributed by atoms with Crippen molar-refractivity contribution in [1.82, 2.24) is 5.32 Å². The maximum atomic E-state index is 10.3. The van der Waals surface area contributed by atoms with E-state index in [-0.39, 0.29) is 5.57 Å². The van der Waals surface area contributed by atoms with E-state index in [1.807, 2.05) is 0 Å². The minimum absolute atomic E-state index is 0.247. The van der Waals surface area contributed by atoms with E-state index in [2.05, 4.69) is 11.9 Å². The average molecular weight is 155 g/mol. The second-order valence-electron chi connectivity index (χ2n) is 2.92. The van der Waals surface area contributed by atoms with Crippen LogP contribution in [0.4, 0.5) is 0 Å². The highest BCUT2D eigenvalue weighted by Gasteiger charge is 2.17. The Kier molecular flexibility index (Phi) is 2.65. The van der Waals surface area contributed by atoms with E-state index in [0.29, 0.717) is 12.6 Å². The molecule has 0 atom stereocenters. The zero-order valence-electron chi connectivity index (χ0n) is 6.47. The van der Waals surface area contributed by atoms with Crippen LogP contribution in [0.3, 0.4) is 0 Å². The molecule has 1 rings (SSSR count). The summed E-state index contributed by atoms with van der Waals surface area (Å²) >= 11 is 0. The van der Waals surface area contributed by atoms with Crippen LogP contribution in [-0.2, 0) is 4.79 Å². The van der Waals surface area contributed by atoms with Gasteiger partial charge >= 0.3 is 5.97 Å². The Labute approximate surface area is 66.1 Å². The lowest BCUT2D eigenvalue weighted by Crippen LogP contribution is -2.37. The minimum atomic E-state index is -0.906. The maximum Gasteiger partial charge on any atom is 0.332 e. The molecule has 3 nitrogen and oxygen atoms in total. The van der Waals surface area contributed by atoms with Gasteiger partial charge in [0.05, 0.1) is 0 Å². The molecule has 0 amide bonds. The first-order chi connectivity index (χ1) is 5.20. The molecule has 62 valence electrons. The highest BCUT2D eigenvalue weighted by molar-refractivity contribution is 5.86. The third kappa shape index (κ3) is 2.35. The number of hydrogen-bond acceptors (Lipinski definition) is 2. The molecule has 0 radical (unpaired) electrons. The van der Waals surface area contributed by atoms with E-state index in [1.54, 1.807) is 0 Å². The Bertz CT molecular complexity index is 173. The van der Waals surface area contributed by atoms with Gasteiger partial charge in [-0.1, -0.05) is 13.0 Å². The summed E-state index contributed by atoms with van der Waals surface area (Å²) in [5, 5.41) is 11.6. The van der Waals surface area contributed by atoms with Crippen molar-refractivity contribution in [2.75, 3.05) is 6.54 Å². The Morgan fingerprint density at radius 3 is 2.64 bits per heavy atom. The van der Waals surface area contributed by atoms with Crippen LogP contribution in [0.5, 0.6) is 0 Å². The van der Waals surface area contributed by atoms with Crippen LogP contribution in [0.2, 0.25) is 0 Å². The number of hydrogen-bond donors (Lipinski definition) is 2. The Hall–Kier alpha value is -0.830. The molecule has 0 heterocycles.